The highest BCUT2D eigenvalue weighted by atomic mass is 15.1. The maximum Gasteiger partial charge on any atom is 0.0445 e. The van der Waals surface area contributed by atoms with Crippen LogP contribution in [0.4, 0.5) is 5.69 Å². The van der Waals surface area contributed by atoms with Crippen molar-refractivity contribution < 1.29 is 0 Å². The van der Waals surface area contributed by atoms with Gasteiger partial charge < -0.3 is 10.2 Å². The van der Waals surface area contributed by atoms with Crippen LogP contribution in [-0.4, -0.2) is 26.2 Å². The molecule has 106 valence electrons. The Morgan fingerprint density at radius 3 is 2.40 bits per heavy atom. The van der Waals surface area contributed by atoms with E-state index in [0.29, 0.717) is 12.1 Å². The van der Waals surface area contributed by atoms with Crippen molar-refractivity contribution in [1.29, 1.82) is 0 Å². The lowest BCUT2D eigenvalue weighted by Gasteiger charge is -2.36. The molecular weight excluding hydrogens is 244 g/mol. The lowest BCUT2D eigenvalue weighted by atomic mass is 9.90. The molecule has 0 unspecified atom stereocenters. The van der Waals surface area contributed by atoms with Crippen LogP contribution in [-0.2, 0) is 0 Å². The van der Waals surface area contributed by atoms with Crippen molar-refractivity contribution in [3.05, 3.63) is 42.5 Å². The number of anilines is 1. The van der Waals surface area contributed by atoms with Crippen molar-refractivity contribution in [2.45, 2.75) is 37.8 Å². The average Bonchev–Trinajstić information content (AvgIpc) is 2.54. The summed E-state index contributed by atoms with van der Waals surface area (Å²) in [6, 6.07) is 16.7. The van der Waals surface area contributed by atoms with Crippen LogP contribution in [0, 0.1) is 0 Å². The predicted octanol–water partition coefficient (Wildman–Crippen LogP) is 3.81. The molecule has 1 N–H and O–H groups in total. The van der Waals surface area contributed by atoms with Crippen LogP contribution in [0.3, 0.4) is 0 Å². The summed E-state index contributed by atoms with van der Waals surface area (Å²) in [5, 5.41) is 6.12. The lowest BCUT2D eigenvalue weighted by Crippen LogP contribution is -2.39. The largest absolute Gasteiger partial charge is 0.371 e. The zero-order chi connectivity index (χ0) is 13.9. The molecule has 0 aromatic heterocycles. The van der Waals surface area contributed by atoms with Gasteiger partial charge in [0.2, 0.25) is 0 Å². The Morgan fingerprint density at radius 2 is 1.65 bits per heavy atom. The van der Waals surface area contributed by atoms with Crippen molar-refractivity contribution >= 4 is 16.5 Å². The van der Waals surface area contributed by atoms with Crippen molar-refractivity contribution in [2.24, 2.45) is 0 Å². The number of benzene rings is 2. The van der Waals surface area contributed by atoms with Crippen LogP contribution in [0.25, 0.3) is 10.8 Å². The highest BCUT2D eigenvalue weighted by Crippen LogP contribution is 2.31. The lowest BCUT2D eigenvalue weighted by molar-refractivity contribution is 0.351. The van der Waals surface area contributed by atoms with Gasteiger partial charge in [0.1, 0.15) is 0 Å². The van der Waals surface area contributed by atoms with Gasteiger partial charge in [0.25, 0.3) is 0 Å². The summed E-state index contributed by atoms with van der Waals surface area (Å²) in [4.78, 5) is 2.49. The molecule has 0 amide bonds. The molecule has 20 heavy (non-hydrogen) atoms. The van der Waals surface area contributed by atoms with Crippen LogP contribution in [0.5, 0.6) is 0 Å². The molecule has 2 aromatic rings. The van der Waals surface area contributed by atoms with E-state index in [1.807, 2.05) is 0 Å². The normalized spacial score (nSPS) is 22.9. The SMILES string of the molecule is CNC1CCC(N(C)c2cccc3ccccc23)CC1. The summed E-state index contributed by atoms with van der Waals surface area (Å²) in [7, 11) is 4.34. The molecule has 0 spiro atoms. The average molecular weight is 268 g/mol. The minimum absolute atomic E-state index is 0.672. The van der Waals surface area contributed by atoms with Crippen molar-refractivity contribution in [1.82, 2.24) is 5.32 Å². The second kappa shape index (κ2) is 5.84. The first-order chi connectivity index (χ1) is 9.79. The molecule has 2 heteroatoms. The molecular formula is C18H24N2. The van der Waals surface area contributed by atoms with E-state index in [4.69, 9.17) is 0 Å². The molecule has 0 bridgehead atoms. The Hall–Kier alpha value is -1.54. The molecule has 0 saturated heterocycles. The maximum atomic E-state index is 3.41. The first-order valence-electron chi connectivity index (χ1n) is 7.67. The molecule has 1 fully saturated rings. The molecule has 0 heterocycles. The van der Waals surface area contributed by atoms with E-state index >= 15 is 0 Å². The zero-order valence-electron chi connectivity index (χ0n) is 12.5. The van der Waals surface area contributed by atoms with Gasteiger partial charge in [-0.2, -0.15) is 0 Å². The third-order valence-corrected chi connectivity index (χ3v) is 4.80. The van der Waals surface area contributed by atoms with Gasteiger partial charge in [0.15, 0.2) is 0 Å². The first kappa shape index (κ1) is 13.4. The highest BCUT2D eigenvalue weighted by Gasteiger charge is 2.23. The number of hydrogen-bond acceptors (Lipinski definition) is 2. The van der Waals surface area contributed by atoms with Gasteiger partial charge in [0.05, 0.1) is 0 Å². The minimum atomic E-state index is 0.672. The summed E-state index contributed by atoms with van der Waals surface area (Å²) in [6.45, 7) is 0. The summed E-state index contributed by atoms with van der Waals surface area (Å²) >= 11 is 0. The van der Waals surface area contributed by atoms with Gasteiger partial charge in [-0.25, -0.2) is 0 Å². The van der Waals surface area contributed by atoms with Crippen LogP contribution in [0.2, 0.25) is 0 Å². The van der Waals surface area contributed by atoms with E-state index in [1.165, 1.54) is 42.1 Å². The van der Waals surface area contributed by atoms with Gasteiger partial charge in [-0.1, -0.05) is 36.4 Å². The van der Waals surface area contributed by atoms with E-state index in [-0.39, 0.29) is 0 Å². The van der Waals surface area contributed by atoms with Crippen LogP contribution in [0.15, 0.2) is 42.5 Å². The molecule has 3 rings (SSSR count). The Morgan fingerprint density at radius 1 is 0.950 bits per heavy atom. The molecule has 0 atom stereocenters. The summed E-state index contributed by atoms with van der Waals surface area (Å²) in [5.41, 5.74) is 1.37. The van der Waals surface area contributed by atoms with Crippen LogP contribution >= 0.6 is 0 Å². The second-order valence-electron chi connectivity index (χ2n) is 5.90. The second-order valence-corrected chi connectivity index (χ2v) is 5.90. The van der Waals surface area contributed by atoms with Crippen LogP contribution < -0.4 is 10.2 Å². The fourth-order valence-electron chi connectivity index (χ4n) is 3.46. The maximum absolute atomic E-state index is 3.41. The predicted molar refractivity (Wildman–Crippen MR) is 87.5 cm³/mol. The molecule has 0 aliphatic heterocycles. The Bertz CT molecular complexity index is 565. The molecule has 0 radical (unpaired) electrons. The van der Waals surface area contributed by atoms with Gasteiger partial charge in [-0.05, 0) is 44.2 Å². The molecule has 2 aromatic carbocycles. The van der Waals surface area contributed by atoms with E-state index in [2.05, 4.69) is 66.8 Å². The fraction of sp³-hybridized carbons (Fsp3) is 0.444. The summed E-state index contributed by atoms with van der Waals surface area (Å²) < 4.78 is 0. The van der Waals surface area contributed by atoms with Crippen molar-refractivity contribution in [2.75, 3.05) is 19.0 Å². The standard InChI is InChI=1S/C18H24N2/c1-19-15-10-12-16(13-11-15)20(2)18-9-5-7-14-6-3-4-8-17(14)18/h3-9,15-16,19H,10-13H2,1-2H3. The monoisotopic (exact) mass is 268 g/mol. The number of rotatable bonds is 3. The van der Waals surface area contributed by atoms with Gasteiger partial charge >= 0.3 is 0 Å². The number of nitrogens with zero attached hydrogens (tertiary/aromatic N) is 1. The molecule has 1 aliphatic rings. The Labute approximate surface area is 121 Å². The van der Waals surface area contributed by atoms with Gasteiger partial charge in [0, 0.05) is 30.2 Å². The van der Waals surface area contributed by atoms with E-state index in [1.54, 1.807) is 0 Å². The van der Waals surface area contributed by atoms with Crippen LogP contribution in [0.1, 0.15) is 25.7 Å². The molecule has 2 nitrogen and oxygen atoms in total. The quantitative estimate of drug-likeness (QED) is 0.910. The summed E-state index contributed by atoms with van der Waals surface area (Å²) in [6.07, 6.45) is 5.14. The third-order valence-electron chi connectivity index (χ3n) is 4.80. The zero-order valence-corrected chi connectivity index (χ0v) is 12.5. The third kappa shape index (κ3) is 2.53. The van der Waals surface area contributed by atoms with E-state index in [0.717, 1.165) is 0 Å². The number of nitrogens with one attached hydrogen (secondary N) is 1. The number of fused-ring (bicyclic) bond motifs is 1. The van der Waals surface area contributed by atoms with Crippen molar-refractivity contribution in [3.8, 4) is 0 Å². The highest BCUT2D eigenvalue weighted by molar-refractivity contribution is 5.94. The number of hydrogen-bond donors (Lipinski definition) is 1. The summed E-state index contributed by atoms with van der Waals surface area (Å²) in [5.74, 6) is 0. The smallest absolute Gasteiger partial charge is 0.0445 e. The van der Waals surface area contributed by atoms with Gasteiger partial charge in [-0.15, -0.1) is 0 Å². The topological polar surface area (TPSA) is 15.3 Å². The molecule has 1 aliphatic carbocycles. The Kier molecular flexibility index (Phi) is 3.93. The van der Waals surface area contributed by atoms with Gasteiger partial charge in [-0.3, -0.25) is 0 Å². The fourth-order valence-corrected chi connectivity index (χ4v) is 3.46. The van der Waals surface area contributed by atoms with Crippen molar-refractivity contribution in [3.63, 3.8) is 0 Å². The van der Waals surface area contributed by atoms with E-state index in [9.17, 15) is 0 Å². The molecule has 1 saturated carbocycles. The Balaban J connectivity index is 1.84. The van der Waals surface area contributed by atoms with E-state index < -0.39 is 0 Å². The minimum Gasteiger partial charge on any atom is -0.371 e. The first-order valence-corrected chi connectivity index (χ1v) is 7.67.